The quantitative estimate of drug-likeness (QED) is 0.611. The summed E-state index contributed by atoms with van der Waals surface area (Å²) in [6.45, 7) is 4.30. The molecular weight excluding hydrogens is 328 g/mol. The Morgan fingerprint density at radius 3 is 2.77 bits per heavy atom. The summed E-state index contributed by atoms with van der Waals surface area (Å²) in [6.07, 6.45) is 0.879. The van der Waals surface area contributed by atoms with Crippen LogP contribution in [0.1, 0.15) is 28.2 Å². The Balaban J connectivity index is 1.41. The lowest BCUT2D eigenvalue weighted by Crippen LogP contribution is -2.28. The van der Waals surface area contributed by atoms with Gasteiger partial charge in [0, 0.05) is 19.2 Å². The molecule has 0 aliphatic heterocycles. The van der Waals surface area contributed by atoms with Crippen LogP contribution in [0.15, 0.2) is 52.9 Å². The molecule has 2 heterocycles. The number of rotatable bonds is 8. The molecule has 0 spiro atoms. The van der Waals surface area contributed by atoms with Crippen LogP contribution in [0.3, 0.4) is 0 Å². The van der Waals surface area contributed by atoms with E-state index in [1.807, 2.05) is 37.3 Å². The Morgan fingerprint density at radius 2 is 2.04 bits per heavy atom. The van der Waals surface area contributed by atoms with Crippen molar-refractivity contribution in [3.63, 3.8) is 0 Å². The molecule has 0 bridgehead atoms. The fraction of sp³-hybridized carbons (Fsp3) is 0.300. The highest BCUT2D eigenvalue weighted by Gasteiger charge is 2.12. The summed E-state index contributed by atoms with van der Waals surface area (Å²) < 4.78 is 5.53. The average molecular weight is 352 g/mol. The second-order valence-corrected chi connectivity index (χ2v) is 6.41. The molecule has 0 saturated carbocycles. The van der Waals surface area contributed by atoms with Gasteiger partial charge in [0.15, 0.2) is 11.5 Å². The molecule has 3 aromatic rings. The molecule has 2 N–H and O–H groups in total. The minimum absolute atomic E-state index is 0.179. The van der Waals surface area contributed by atoms with E-state index in [0.717, 1.165) is 25.3 Å². The van der Waals surface area contributed by atoms with Gasteiger partial charge in [0.05, 0.1) is 0 Å². The van der Waals surface area contributed by atoms with Gasteiger partial charge in [0.2, 0.25) is 0 Å². The molecule has 0 atom stereocenters. The van der Waals surface area contributed by atoms with Gasteiger partial charge in [0.1, 0.15) is 11.5 Å². The summed E-state index contributed by atoms with van der Waals surface area (Å²) in [6, 6.07) is 15.8. The van der Waals surface area contributed by atoms with Crippen LogP contribution in [0, 0.1) is 6.92 Å². The third-order valence-electron chi connectivity index (χ3n) is 4.11. The van der Waals surface area contributed by atoms with Gasteiger partial charge in [-0.15, -0.1) is 0 Å². The van der Waals surface area contributed by atoms with Gasteiger partial charge in [-0.2, -0.15) is 5.10 Å². The van der Waals surface area contributed by atoms with Crippen LogP contribution in [0.25, 0.3) is 11.5 Å². The van der Waals surface area contributed by atoms with Crippen LogP contribution < -0.4 is 5.32 Å². The monoisotopic (exact) mass is 352 g/mol. The van der Waals surface area contributed by atoms with E-state index in [2.05, 4.69) is 39.6 Å². The van der Waals surface area contributed by atoms with Gasteiger partial charge in [-0.1, -0.05) is 30.3 Å². The van der Waals surface area contributed by atoms with Gasteiger partial charge in [0.25, 0.3) is 5.91 Å². The summed E-state index contributed by atoms with van der Waals surface area (Å²) in [5.41, 5.74) is 2.36. The maximum atomic E-state index is 12.2. The highest BCUT2D eigenvalue weighted by Crippen LogP contribution is 2.20. The van der Waals surface area contributed by atoms with Crippen LogP contribution in [0.2, 0.25) is 0 Å². The number of H-pyrrole nitrogens is 1. The maximum absolute atomic E-state index is 12.2. The number of benzene rings is 1. The molecule has 1 amide bonds. The number of hydrogen-bond acceptors (Lipinski definition) is 4. The van der Waals surface area contributed by atoms with E-state index in [1.165, 1.54) is 5.56 Å². The van der Waals surface area contributed by atoms with E-state index in [0.29, 0.717) is 23.7 Å². The topological polar surface area (TPSA) is 74.2 Å². The molecule has 6 heteroatoms. The first-order chi connectivity index (χ1) is 12.6. The van der Waals surface area contributed by atoms with Crippen molar-refractivity contribution in [2.45, 2.75) is 19.9 Å². The third kappa shape index (κ3) is 4.83. The number of nitrogens with zero attached hydrogens (tertiary/aromatic N) is 2. The van der Waals surface area contributed by atoms with Crippen LogP contribution in [0.5, 0.6) is 0 Å². The number of furan rings is 1. The first kappa shape index (κ1) is 17.9. The van der Waals surface area contributed by atoms with E-state index in [-0.39, 0.29) is 5.91 Å². The van der Waals surface area contributed by atoms with E-state index < -0.39 is 0 Å². The Hall–Kier alpha value is -2.86. The molecule has 0 unspecified atom stereocenters. The van der Waals surface area contributed by atoms with Crippen molar-refractivity contribution in [1.82, 2.24) is 20.4 Å². The summed E-state index contributed by atoms with van der Waals surface area (Å²) in [7, 11) is 2.08. The predicted molar refractivity (Wildman–Crippen MR) is 101 cm³/mol. The number of amides is 1. The highest BCUT2D eigenvalue weighted by molar-refractivity contribution is 5.93. The Labute approximate surface area is 153 Å². The second-order valence-electron chi connectivity index (χ2n) is 6.41. The molecule has 1 aromatic carbocycles. The molecule has 0 fully saturated rings. The largest absolute Gasteiger partial charge is 0.460 e. The summed E-state index contributed by atoms with van der Waals surface area (Å²) in [5, 5.41) is 9.81. The molecule has 3 rings (SSSR count). The van der Waals surface area contributed by atoms with Crippen LogP contribution in [0.4, 0.5) is 0 Å². The number of aryl methyl sites for hydroxylation is 1. The molecule has 0 saturated heterocycles. The first-order valence-electron chi connectivity index (χ1n) is 8.75. The van der Waals surface area contributed by atoms with E-state index >= 15 is 0 Å². The molecule has 0 radical (unpaired) electrons. The summed E-state index contributed by atoms with van der Waals surface area (Å²) in [5.74, 6) is 1.32. The number of aromatic amines is 1. The number of carbonyl (C=O) groups is 1. The lowest BCUT2D eigenvalue weighted by molar-refractivity contribution is 0.0947. The molecule has 0 aliphatic carbocycles. The lowest BCUT2D eigenvalue weighted by Gasteiger charge is -2.16. The van der Waals surface area contributed by atoms with Crippen molar-refractivity contribution >= 4 is 5.91 Å². The SMILES string of the molecule is Cc1ccc(-c2cc(C(=O)NCCCN(C)Cc3ccccc3)n[nH]2)o1. The zero-order chi connectivity index (χ0) is 18.4. The Morgan fingerprint density at radius 1 is 1.23 bits per heavy atom. The molecule has 26 heavy (non-hydrogen) atoms. The van der Waals surface area contributed by atoms with Gasteiger partial charge in [-0.3, -0.25) is 9.89 Å². The van der Waals surface area contributed by atoms with Gasteiger partial charge >= 0.3 is 0 Å². The standard InChI is InChI=1S/C20H24N4O2/c1-15-9-10-19(26-15)17-13-18(23-22-17)20(25)21-11-6-12-24(2)14-16-7-4-3-5-8-16/h3-5,7-10,13H,6,11-12,14H2,1-2H3,(H,21,25)(H,22,23). The number of hydrogen-bond donors (Lipinski definition) is 2. The number of nitrogens with one attached hydrogen (secondary N) is 2. The predicted octanol–water partition coefficient (Wildman–Crippen LogP) is 3.23. The minimum Gasteiger partial charge on any atom is -0.460 e. The van der Waals surface area contributed by atoms with Crippen molar-refractivity contribution in [2.24, 2.45) is 0 Å². The van der Waals surface area contributed by atoms with Crippen molar-refractivity contribution in [3.05, 3.63) is 65.5 Å². The Kier molecular flexibility index (Phi) is 5.86. The van der Waals surface area contributed by atoms with Gasteiger partial charge in [-0.05, 0) is 44.6 Å². The van der Waals surface area contributed by atoms with Crippen LogP contribution in [-0.4, -0.2) is 41.1 Å². The van der Waals surface area contributed by atoms with Crippen molar-refractivity contribution in [1.29, 1.82) is 0 Å². The van der Waals surface area contributed by atoms with Crippen LogP contribution >= 0.6 is 0 Å². The smallest absolute Gasteiger partial charge is 0.271 e. The first-order valence-corrected chi connectivity index (χ1v) is 8.75. The van der Waals surface area contributed by atoms with Crippen LogP contribution in [-0.2, 0) is 6.54 Å². The molecule has 6 nitrogen and oxygen atoms in total. The molecule has 2 aromatic heterocycles. The fourth-order valence-electron chi connectivity index (χ4n) is 2.76. The fourth-order valence-corrected chi connectivity index (χ4v) is 2.76. The zero-order valence-electron chi connectivity index (χ0n) is 15.2. The van der Waals surface area contributed by atoms with E-state index in [4.69, 9.17) is 4.42 Å². The zero-order valence-corrected chi connectivity index (χ0v) is 15.2. The number of aromatic nitrogens is 2. The normalized spacial score (nSPS) is 11.0. The molecule has 0 aliphatic rings. The molecular formula is C20H24N4O2. The maximum Gasteiger partial charge on any atom is 0.271 e. The molecule has 136 valence electrons. The Bertz CT molecular complexity index is 838. The van der Waals surface area contributed by atoms with Gasteiger partial charge < -0.3 is 14.6 Å². The number of carbonyl (C=O) groups excluding carboxylic acids is 1. The van der Waals surface area contributed by atoms with Crippen molar-refractivity contribution in [3.8, 4) is 11.5 Å². The highest BCUT2D eigenvalue weighted by atomic mass is 16.3. The van der Waals surface area contributed by atoms with E-state index in [1.54, 1.807) is 6.07 Å². The summed E-state index contributed by atoms with van der Waals surface area (Å²) in [4.78, 5) is 14.4. The van der Waals surface area contributed by atoms with Crippen molar-refractivity contribution < 1.29 is 9.21 Å². The average Bonchev–Trinajstić information content (AvgIpc) is 3.28. The van der Waals surface area contributed by atoms with Gasteiger partial charge in [-0.25, -0.2) is 0 Å². The minimum atomic E-state index is -0.179. The van der Waals surface area contributed by atoms with E-state index in [9.17, 15) is 4.79 Å². The van der Waals surface area contributed by atoms with Crippen molar-refractivity contribution in [2.75, 3.05) is 20.1 Å². The second kappa shape index (κ2) is 8.49. The lowest BCUT2D eigenvalue weighted by atomic mass is 10.2. The summed E-state index contributed by atoms with van der Waals surface area (Å²) >= 11 is 0. The third-order valence-corrected chi connectivity index (χ3v) is 4.11.